The van der Waals surface area contributed by atoms with Gasteiger partial charge in [0.25, 0.3) is 0 Å². The van der Waals surface area contributed by atoms with E-state index in [4.69, 9.17) is 23.2 Å². The number of H-pyrrole nitrogens is 1. The van der Waals surface area contributed by atoms with Crippen LogP contribution in [-0.2, 0) is 0 Å². The molecule has 0 fully saturated rings. The summed E-state index contributed by atoms with van der Waals surface area (Å²) in [5.41, 5.74) is 1.33. The van der Waals surface area contributed by atoms with Crippen molar-refractivity contribution in [3.05, 3.63) is 15.9 Å². The Hall–Kier alpha value is -0.870. The number of halogens is 2. The first-order valence-electron chi connectivity index (χ1n) is 3.22. The predicted octanol–water partition coefficient (Wildman–Crippen LogP) is 1.97. The molecule has 0 aliphatic rings. The van der Waals surface area contributed by atoms with Gasteiger partial charge in [-0.05, 0) is 6.92 Å². The normalized spacial score (nSPS) is 10.9. The zero-order valence-electron chi connectivity index (χ0n) is 6.10. The van der Waals surface area contributed by atoms with Crippen molar-refractivity contribution in [2.75, 3.05) is 0 Å². The van der Waals surface area contributed by atoms with E-state index in [1.54, 1.807) is 0 Å². The van der Waals surface area contributed by atoms with Crippen LogP contribution in [-0.4, -0.2) is 20.4 Å². The van der Waals surface area contributed by atoms with E-state index in [1.807, 2.05) is 6.92 Å². The van der Waals surface area contributed by atoms with Gasteiger partial charge in [0.15, 0.2) is 5.15 Å². The lowest BCUT2D eigenvalue weighted by Crippen LogP contribution is -1.85. The van der Waals surface area contributed by atoms with Gasteiger partial charge in [0.1, 0.15) is 0 Å². The molecular formula is C6H4Cl2N4. The quantitative estimate of drug-likeness (QED) is 0.711. The molecule has 0 saturated heterocycles. The standard InChI is InChI=1S/C6H4Cl2N4/c1-2-3-4(7)5(8)10-12-6(3)11-9-2/h1H3,(H,9,11,12). The van der Waals surface area contributed by atoms with E-state index in [0.29, 0.717) is 10.7 Å². The third kappa shape index (κ3) is 0.956. The largest absolute Gasteiger partial charge is 0.280 e. The summed E-state index contributed by atoms with van der Waals surface area (Å²) >= 11 is 11.5. The van der Waals surface area contributed by atoms with Gasteiger partial charge in [-0.15, -0.1) is 10.2 Å². The molecule has 0 aromatic carbocycles. The van der Waals surface area contributed by atoms with Gasteiger partial charge in [-0.3, -0.25) is 5.10 Å². The number of hydrogen-bond donors (Lipinski definition) is 1. The van der Waals surface area contributed by atoms with Crippen molar-refractivity contribution in [3.63, 3.8) is 0 Å². The van der Waals surface area contributed by atoms with Crippen molar-refractivity contribution in [3.8, 4) is 0 Å². The highest BCUT2D eigenvalue weighted by atomic mass is 35.5. The molecule has 12 heavy (non-hydrogen) atoms. The Kier molecular flexibility index (Phi) is 1.66. The van der Waals surface area contributed by atoms with E-state index in [9.17, 15) is 0 Å². The minimum atomic E-state index is 0.202. The Morgan fingerprint density at radius 2 is 2.00 bits per heavy atom. The fraction of sp³-hybridized carbons (Fsp3) is 0.167. The van der Waals surface area contributed by atoms with Crippen molar-refractivity contribution in [1.29, 1.82) is 0 Å². The summed E-state index contributed by atoms with van der Waals surface area (Å²) in [6, 6.07) is 0. The Balaban J connectivity index is 2.96. The SMILES string of the molecule is Cc1[nH]nc2nnc(Cl)c(Cl)c12. The van der Waals surface area contributed by atoms with E-state index < -0.39 is 0 Å². The van der Waals surface area contributed by atoms with Crippen molar-refractivity contribution in [1.82, 2.24) is 20.4 Å². The van der Waals surface area contributed by atoms with Gasteiger partial charge in [-0.2, -0.15) is 5.10 Å². The number of nitrogens with one attached hydrogen (secondary N) is 1. The fourth-order valence-electron chi connectivity index (χ4n) is 0.990. The third-order valence-electron chi connectivity index (χ3n) is 1.56. The first-order valence-corrected chi connectivity index (χ1v) is 3.98. The summed E-state index contributed by atoms with van der Waals surface area (Å²) in [7, 11) is 0. The van der Waals surface area contributed by atoms with Crippen LogP contribution in [0.1, 0.15) is 5.69 Å². The van der Waals surface area contributed by atoms with Crippen LogP contribution < -0.4 is 0 Å². The van der Waals surface area contributed by atoms with E-state index in [1.165, 1.54) is 0 Å². The van der Waals surface area contributed by atoms with Gasteiger partial charge < -0.3 is 0 Å². The van der Waals surface area contributed by atoms with Crippen molar-refractivity contribution >= 4 is 34.2 Å². The fourth-order valence-corrected chi connectivity index (χ4v) is 1.39. The second-order valence-corrected chi connectivity index (χ2v) is 3.09. The molecule has 0 spiro atoms. The molecule has 2 rings (SSSR count). The van der Waals surface area contributed by atoms with Crippen LogP contribution in [0, 0.1) is 6.92 Å². The number of aryl methyl sites for hydroxylation is 1. The van der Waals surface area contributed by atoms with Crippen LogP contribution in [0.15, 0.2) is 0 Å². The van der Waals surface area contributed by atoms with E-state index >= 15 is 0 Å². The van der Waals surface area contributed by atoms with Crippen LogP contribution in [0.3, 0.4) is 0 Å². The Morgan fingerprint density at radius 3 is 2.75 bits per heavy atom. The molecule has 0 aliphatic carbocycles. The maximum atomic E-state index is 5.88. The maximum absolute atomic E-state index is 5.88. The maximum Gasteiger partial charge on any atom is 0.204 e. The van der Waals surface area contributed by atoms with E-state index in [2.05, 4.69) is 20.4 Å². The Labute approximate surface area is 77.9 Å². The highest BCUT2D eigenvalue weighted by Crippen LogP contribution is 2.27. The molecule has 0 atom stereocenters. The minimum Gasteiger partial charge on any atom is -0.280 e. The molecule has 2 heterocycles. The average molecular weight is 203 g/mol. The van der Waals surface area contributed by atoms with E-state index in [0.717, 1.165) is 11.1 Å². The molecule has 0 unspecified atom stereocenters. The topological polar surface area (TPSA) is 54.5 Å². The molecule has 0 aliphatic heterocycles. The Bertz CT molecular complexity index is 436. The van der Waals surface area contributed by atoms with Gasteiger partial charge in [0.05, 0.1) is 10.4 Å². The summed E-state index contributed by atoms with van der Waals surface area (Å²) in [6.07, 6.45) is 0. The van der Waals surface area contributed by atoms with Crippen LogP contribution in [0.4, 0.5) is 0 Å². The van der Waals surface area contributed by atoms with Crippen LogP contribution >= 0.6 is 23.2 Å². The first kappa shape index (κ1) is 7.76. The molecule has 6 heteroatoms. The lowest BCUT2D eigenvalue weighted by atomic mass is 10.3. The number of hydrogen-bond acceptors (Lipinski definition) is 3. The Morgan fingerprint density at radius 1 is 1.25 bits per heavy atom. The third-order valence-corrected chi connectivity index (χ3v) is 2.29. The molecule has 2 aromatic rings. The summed E-state index contributed by atoms with van der Waals surface area (Å²) < 4.78 is 0. The number of nitrogens with zero attached hydrogens (tertiary/aromatic N) is 3. The highest BCUT2D eigenvalue weighted by molar-refractivity contribution is 6.44. The number of rotatable bonds is 0. The van der Waals surface area contributed by atoms with Crippen molar-refractivity contribution < 1.29 is 0 Å². The number of aromatic amines is 1. The van der Waals surface area contributed by atoms with Crippen LogP contribution in [0.2, 0.25) is 10.2 Å². The summed E-state index contributed by atoms with van der Waals surface area (Å²) in [4.78, 5) is 0. The van der Waals surface area contributed by atoms with Gasteiger partial charge in [-0.25, -0.2) is 0 Å². The smallest absolute Gasteiger partial charge is 0.204 e. The van der Waals surface area contributed by atoms with Crippen molar-refractivity contribution in [2.24, 2.45) is 0 Å². The number of fused-ring (bicyclic) bond motifs is 1. The second kappa shape index (κ2) is 2.57. The van der Waals surface area contributed by atoms with Crippen LogP contribution in [0.5, 0.6) is 0 Å². The minimum absolute atomic E-state index is 0.202. The zero-order chi connectivity index (χ0) is 8.72. The van der Waals surface area contributed by atoms with Crippen molar-refractivity contribution in [2.45, 2.75) is 6.92 Å². The molecule has 1 N–H and O–H groups in total. The lowest BCUT2D eigenvalue weighted by molar-refractivity contribution is 1.01. The molecule has 62 valence electrons. The molecule has 0 radical (unpaired) electrons. The zero-order valence-corrected chi connectivity index (χ0v) is 7.61. The monoisotopic (exact) mass is 202 g/mol. The lowest BCUT2D eigenvalue weighted by Gasteiger charge is -1.93. The van der Waals surface area contributed by atoms with Crippen LogP contribution in [0.25, 0.3) is 11.0 Å². The molecular weight excluding hydrogens is 199 g/mol. The predicted molar refractivity (Wildman–Crippen MR) is 46.4 cm³/mol. The number of aromatic nitrogens is 4. The molecule has 0 amide bonds. The second-order valence-electron chi connectivity index (χ2n) is 2.35. The van der Waals surface area contributed by atoms with Gasteiger partial charge in [0.2, 0.25) is 5.65 Å². The van der Waals surface area contributed by atoms with Gasteiger partial charge in [-0.1, -0.05) is 23.2 Å². The highest BCUT2D eigenvalue weighted by Gasteiger charge is 2.10. The summed E-state index contributed by atoms with van der Waals surface area (Å²) in [5.74, 6) is 0. The first-order chi connectivity index (χ1) is 5.70. The molecule has 2 aromatic heterocycles. The molecule has 4 nitrogen and oxygen atoms in total. The summed E-state index contributed by atoms with van der Waals surface area (Å²) in [6.45, 7) is 1.85. The van der Waals surface area contributed by atoms with Gasteiger partial charge in [0, 0.05) is 5.69 Å². The molecule has 0 saturated carbocycles. The molecule has 0 bridgehead atoms. The van der Waals surface area contributed by atoms with Gasteiger partial charge >= 0.3 is 0 Å². The average Bonchev–Trinajstić information content (AvgIpc) is 2.41. The van der Waals surface area contributed by atoms with E-state index in [-0.39, 0.29) is 5.15 Å². The summed E-state index contributed by atoms with van der Waals surface area (Å²) in [5, 5.41) is 15.3.